The Morgan fingerprint density at radius 2 is 2.13 bits per heavy atom. The van der Waals surface area contributed by atoms with Crippen LogP contribution in [0.3, 0.4) is 0 Å². The topological polar surface area (TPSA) is 106 Å². The van der Waals surface area contributed by atoms with Crippen molar-refractivity contribution in [3.05, 3.63) is 53.5 Å². The first-order valence-electron chi connectivity index (χ1n) is 10.2. The molecule has 8 heteroatoms. The third-order valence-electron chi connectivity index (χ3n) is 4.72. The molecule has 2 aliphatic rings. The van der Waals surface area contributed by atoms with Crippen molar-refractivity contribution in [2.75, 3.05) is 45.7 Å². The summed E-state index contributed by atoms with van der Waals surface area (Å²) in [6.07, 6.45) is 12.6. The Bertz CT molecular complexity index is 840. The quantitative estimate of drug-likeness (QED) is 0.688. The zero-order chi connectivity index (χ0) is 21.0. The molecular weight excluding hydrogens is 380 g/mol. The number of ether oxygens (including phenoxy) is 2. The number of nitrogen functional groups attached to an aromatic ring is 1. The van der Waals surface area contributed by atoms with Crippen LogP contribution in [0.1, 0.15) is 24.8 Å². The van der Waals surface area contributed by atoms with E-state index in [1.54, 1.807) is 25.7 Å². The van der Waals surface area contributed by atoms with Crippen molar-refractivity contribution in [2.24, 2.45) is 9.98 Å². The minimum absolute atomic E-state index is 0.482. The Morgan fingerprint density at radius 1 is 1.23 bits per heavy atom. The van der Waals surface area contributed by atoms with E-state index in [0.717, 1.165) is 48.7 Å². The number of anilines is 1. The van der Waals surface area contributed by atoms with Crippen molar-refractivity contribution in [3.63, 3.8) is 0 Å². The van der Waals surface area contributed by atoms with Crippen LogP contribution in [0.2, 0.25) is 0 Å². The first kappa shape index (κ1) is 21.6. The number of aliphatic imine (C=N–C) groups is 2. The van der Waals surface area contributed by atoms with Crippen LogP contribution in [0.25, 0.3) is 5.70 Å². The lowest BCUT2D eigenvalue weighted by Gasteiger charge is -2.15. The van der Waals surface area contributed by atoms with E-state index in [4.69, 9.17) is 15.2 Å². The Labute approximate surface area is 177 Å². The predicted octanol–water partition coefficient (Wildman–Crippen LogP) is 2.28. The molecule has 0 saturated heterocycles. The van der Waals surface area contributed by atoms with Gasteiger partial charge in [-0.25, -0.2) is 4.98 Å². The number of nitrogens with one attached hydrogen (secondary N) is 2. The summed E-state index contributed by atoms with van der Waals surface area (Å²) < 4.78 is 10.9. The molecule has 0 atom stereocenters. The van der Waals surface area contributed by atoms with Gasteiger partial charge in [0.2, 0.25) is 0 Å². The molecule has 4 N–H and O–H groups in total. The zero-order valence-corrected chi connectivity index (χ0v) is 17.4. The Balaban J connectivity index is 1.73. The second-order valence-corrected chi connectivity index (χ2v) is 6.92. The minimum Gasteiger partial charge on any atom is -0.497 e. The van der Waals surface area contributed by atoms with Crippen LogP contribution in [0.4, 0.5) is 5.82 Å². The molecule has 2 heterocycles. The molecule has 1 aliphatic carbocycles. The zero-order valence-electron chi connectivity index (χ0n) is 17.4. The maximum absolute atomic E-state index is 5.73. The summed E-state index contributed by atoms with van der Waals surface area (Å²) in [5, 5.41) is 6.69. The highest BCUT2D eigenvalue weighted by molar-refractivity contribution is 6.00. The average molecular weight is 411 g/mol. The highest BCUT2D eigenvalue weighted by atomic mass is 16.5. The fourth-order valence-electron chi connectivity index (χ4n) is 3.11. The molecule has 0 unspecified atom stereocenters. The van der Waals surface area contributed by atoms with Crippen LogP contribution in [-0.2, 0) is 9.47 Å². The maximum atomic E-state index is 5.73. The fraction of sp³-hybridized carbons (Fsp3) is 0.409. The molecule has 0 saturated carbocycles. The smallest absolute Gasteiger partial charge is 0.123 e. The molecule has 0 aromatic carbocycles. The summed E-state index contributed by atoms with van der Waals surface area (Å²) in [4.78, 5) is 13.2. The van der Waals surface area contributed by atoms with Gasteiger partial charge in [0.15, 0.2) is 0 Å². The summed E-state index contributed by atoms with van der Waals surface area (Å²) in [6, 6.07) is 3.70. The molecule has 1 aromatic heterocycles. The summed E-state index contributed by atoms with van der Waals surface area (Å²) in [7, 11) is 1.71. The van der Waals surface area contributed by atoms with Crippen LogP contribution >= 0.6 is 0 Å². The number of aromatic nitrogens is 1. The monoisotopic (exact) mass is 410 g/mol. The highest BCUT2D eigenvalue weighted by Crippen LogP contribution is 2.20. The van der Waals surface area contributed by atoms with E-state index < -0.39 is 0 Å². The third-order valence-corrected chi connectivity index (χ3v) is 4.72. The Hall–Kier alpha value is -3.13. The summed E-state index contributed by atoms with van der Waals surface area (Å²) in [5.74, 6) is 2.21. The highest BCUT2D eigenvalue weighted by Gasteiger charge is 2.08. The van der Waals surface area contributed by atoms with E-state index in [9.17, 15) is 0 Å². The first-order valence-corrected chi connectivity index (χ1v) is 10.2. The number of amidine groups is 1. The SMILES string of the molecule is COC1=CCCC(CCNC2=NCCOCCN=CN/C(c3ccc(N)nc3)=C\2)=C1. The first-order chi connectivity index (χ1) is 14.7. The number of nitrogens with two attached hydrogens (primary N) is 1. The van der Waals surface area contributed by atoms with E-state index in [1.165, 1.54) is 5.57 Å². The number of nitrogens with zero attached hydrogens (tertiary/aromatic N) is 3. The van der Waals surface area contributed by atoms with Crippen LogP contribution in [-0.4, -0.2) is 57.1 Å². The number of rotatable bonds is 5. The molecule has 1 aromatic rings. The molecule has 0 bridgehead atoms. The minimum atomic E-state index is 0.482. The number of hydrogen-bond acceptors (Lipinski definition) is 8. The second-order valence-electron chi connectivity index (χ2n) is 6.92. The average Bonchev–Trinajstić information content (AvgIpc) is 2.76. The Morgan fingerprint density at radius 3 is 2.97 bits per heavy atom. The van der Waals surface area contributed by atoms with E-state index in [1.807, 2.05) is 12.1 Å². The van der Waals surface area contributed by atoms with Gasteiger partial charge in [-0.15, -0.1) is 0 Å². The molecule has 0 radical (unpaired) electrons. The van der Waals surface area contributed by atoms with Gasteiger partial charge in [-0.2, -0.15) is 0 Å². The third kappa shape index (κ3) is 7.04. The van der Waals surface area contributed by atoms with Gasteiger partial charge in [-0.3, -0.25) is 9.98 Å². The molecule has 160 valence electrons. The van der Waals surface area contributed by atoms with E-state index in [2.05, 4.69) is 37.8 Å². The standard InChI is InChI=1S/C22H30N6O2/c1-29-19-4-2-3-17(13-19)7-8-25-22-14-20(18-5-6-21(23)27-15-18)28-16-24-9-11-30-12-10-26-22/h4-6,13-16H,2-3,7-12H2,1H3,(H2,23,27)(H,24,28)(H,25,26)/b20-14-. The normalized spacial score (nSPS) is 19.6. The molecule has 1 aliphatic heterocycles. The van der Waals surface area contributed by atoms with E-state index >= 15 is 0 Å². The van der Waals surface area contributed by atoms with E-state index in [-0.39, 0.29) is 0 Å². The second kappa shape index (κ2) is 11.8. The van der Waals surface area contributed by atoms with Crippen molar-refractivity contribution in [1.82, 2.24) is 15.6 Å². The van der Waals surface area contributed by atoms with Gasteiger partial charge in [-0.05, 0) is 43.5 Å². The van der Waals surface area contributed by atoms with Gasteiger partial charge in [-0.1, -0.05) is 5.57 Å². The van der Waals surface area contributed by atoms with Gasteiger partial charge in [0.25, 0.3) is 0 Å². The van der Waals surface area contributed by atoms with Crippen molar-refractivity contribution in [1.29, 1.82) is 0 Å². The van der Waals surface area contributed by atoms with Crippen molar-refractivity contribution in [2.45, 2.75) is 19.3 Å². The largest absolute Gasteiger partial charge is 0.497 e. The van der Waals surface area contributed by atoms with Crippen LogP contribution in [0, 0.1) is 0 Å². The summed E-state index contributed by atoms with van der Waals surface area (Å²) in [6.45, 7) is 3.09. The number of methoxy groups -OCH3 is 1. The number of allylic oxidation sites excluding steroid dienone is 2. The summed E-state index contributed by atoms with van der Waals surface area (Å²) in [5.41, 5.74) is 8.86. The maximum Gasteiger partial charge on any atom is 0.123 e. The van der Waals surface area contributed by atoms with E-state index in [0.29, 0.717) is 32.1 Å². The lowest BCUT2D eigenvalue weighted by Crippen LogP contribution is -2.26. The molecule has 30 heavy (non-hydrogen) atoms. The van der Waals surface area contributed by atoms with Gasteiger partial charge >= 0.3 is 0 Å². The van der Waals surface area contributed by atoms with Crippen LogP contribution in [0.15, 0.2) is 57.9 Å². The van der Waals surface area contributed by atoms with Crippen molar-refractivity contribution < 1.29 is 9.47 Å². The van der Waals surface area contributed by atoms with Gasteiger partial charge in [0.1, 0.15) is 17.4 Å². The van der Waals surface area contributed by atoms with Gasteiger partial charge in [0.05, 0.1) is 45.4 Å². The number of hydrogen-bond donors (Lipinski definition) is 3. The van der Waals surface area contributed by atoms with Crippen molar-refractivity contribution >= 4 is 23.7 Å². The lowest BCUT2D eigenvalue weighted by molar-refractivity contribution is 0.150. The predicted molar refractivity (Wildman–Crippen MR) is 121 cm³/mol. The van der Waals surface area contributed by atoms with Gasteiger partial charge in [0, 0.05) is 24.4 Å². The molecule has 8 nitrogen and oxygen atoms in total. The van der Waals surface area contributed by atoms with Gasteiger partial charge < -0.3 is 25.8 Å². The lowest BCUT2D eigenvalue weighted by atomic mass is 10.0. The summed E-state index contributed by atoms with van der Waals surface area (Å²) >= 11 is 0. The molecule has 0 fully saturated rings. The number of pyridine rings is 1. The fourth-order valence-corrected chi connectivity index (χ4v) is 3.11. The molecular formula is C22H30N6O2. The van der Waals surface area contributed by atoms with Crippen molar-refractivity contribution in [3.8, 4) is 0 Å². The van der Waals surface area contributed by atoms with Crippen LogP contribution < -0.4 is 16.4 Å². The van der Waals surface area contributed by atoms with Crippen LogP contribution in [0.5, 0.6) is 0 Å². The molecule has 3 rings (SSSR count). The molecule has 0 amide bonds. The molecule has 0 spiro atoms. The Kier molecular flexibility index (Phi) is 8.47.